The first-order valence-electron chi connectivity index (χ1n) is 11.5. The zero-order chi connectivity index (χ0) is 25.3. The van der Waals surface area contributed by atoms with Crippen molar-refractivity contribution in [1.82, 2.24) is 10.3 Å². The minimum atomic E-state index is -2.74. The lowest BCUT2D eigenvalue weighted by molar-refractivity contribution is -0.115. The van der Waals surface area contributed by atoms with Crippen LogP contribution in [0.2, 0.25) is 0 Å². The van der Waals surface area contributed by atoms with Crippen LogP contribution in [0.1, 0.15) is 54.1 Å². The Kier molecular flexibility index (Phi) is 6.57. The number of nitrogens with zero attached hydrogens (tertiary/aromatic N) is 3. The first-order chi connectivity index (χ1) is 16.6. The highest BCUT2D eigenvalue weighted by molar-refractivity contribution is 6.03. The van der Waals surface area contributed by atoms with E-state index >= 15 is 0 Å². The number of hydrogen-bond acceptors (Lipinski definition) is 5. The Hall–Kier alpha value is -3.80. The van der Waals surface area contributed by atoms with E-state index < -0.39 is 11.8 Å². The third-order valence-electron chi connectivity index (χ3n) is 6.90. The van der Waals surface area contributed by atoms with Gasteiger partial charge in [-0.2, -0.15) is 5.26 Å². The standard InChI is InChI=1S/C26H27F2N5O2/c1-15-19(23(30)34)12-21(15)32-25(35)22-16(2)20(18-6-4-17(13-29)5-7-18)14-31-24(22)33-10-3-8-26(27,28)9-11-33/h4-7,14,21H,3,8-12H2,1-2H3,(H2,30,34)(H,32,35). The van der Waals surface area contributed by atoms with Gasteiger partial charge in [-0.25, -0.2) is 13.8 Å². The van der Waals surface area contributed by atoms with Crippen LogP contribution in [-0.2, 0) is 4.79 Å². The third kappa shape index (κ3) is 4.87. The largest absolute Gasteiger partial charge is 0.366 e. The molecule has 2 aromatic rings. The molecule has 2 heterocycles. The molecular weight excluding hydrogens is 452 g/mol. The summed E-state index contributed by atoms with van der Waals surface area (Å²) in [6.45, 7) is 4.01. The second kappa shape index (κ2) is 9.45. The van der Waals surface area contributed by atoms with E-state index in [9.17, 15) is 18.4 Å². The summed E-state index contributed by atoms with van der Waals surface area (Å²) in [6, 6.07) is 8.70. The Labute approximate surface area is 202 Å². The minimum absolute atomic E-state index is 0.0874. The highest BCUT2D eigenvalue weighted by atomic mass is 19.3. The number of alkyl halides is 2. The number of aromatic nitrogens is 1. The number of carbonyl (C=O) groups excluding carboxylic acids is 2. The summed E-state index contributed by atoms with van der Waals surface area (Å²) >= 11 is 0. The average molecular weight is 480 g/mol. The van der Waals surface area contributed by atoms with Gasteiger partial charge in [0.05, 0.1) is 23.2 Å². The number of nitriles is 1. The highest BCUT2D eigenvalue weighted by Crippen LogP contribution is 2.35. The molecule has 1 aromatic carbocycles. The fraction of sp³-hybridized carbons (Fsp3) is 0.385. The van der Waals surface area contributed by atoms with Crippen LogP contribution >= 0.6 is 0 Å². The van der Waals surface area contributed by atoms with Gasteiger partial charge in [0.15, 0.2) is 0 Å². The molecule has 1 aliphatic carbocycles. The molecule has 1 aliphatic heterocycles. The van der Waals surface area contributed by atoms with E-state index in [0.29, 0.717) is 53.0 Å². The lowest BCUT2D eigenvalue weighted by atomic mass is 9.83. The van der Waals surface area contributed by atoms with E-state index in [1.807, 2.05) is 0 Å². The van der Waals surface area contributed by atoms with Gasteiger partial charge in [-0.1, -0.05) is 12.1 Å². The smallest absolute Gasteiger partial charge is 0.255 e. The van der Waals surface area contributed by atoms with Crippen molar-refractivity contribution in [3.8, 4) is 17.2 Å². The summed E-state index contributed by atoms with van der Waals surface area (Å²) in [6.07, 6.45) is 1.78. The molecule has 7 nitrogen and oxygen atoms in total. The van der Waals surface area contributed by atoms with Crippen LogP contribution in [-0.4, -0.2) is 41.9 Å². The fourth-order valence-corrected chi connectivity index (χ4v) is 4.67. The molecule has 35 heavy (non-hydrogen) atoms. The molecule has 0 spiro atoms. The summed E-state index contributed by atoms with van der Waals surface area (Å²) in [5, 5.41) is 12.0. The molecule has 0 bridgehead atoms. The maximum Gasteiger partial charge on any atom is 0.255 e. The van der Waals surface area contributed by atoms with E-state index in [-0.39, 0.29) is 31.3 Å². The van der Waals surface area contributed by atoms with Gasteiger partial charge < -0.3 is 16.0 Å². The van der Waals surface area contributed by atoms with E-state index in [4.69, 9.17) is 11.0 Å². The second-order valence-corrected chi connectivity index (χ2v) is 9.14. The molecule has 182 valence electrons. The van der Waals surface area contributed by atoms with E-state index in [0.717, 1.165) is 11.1 Å². The van der Waals surface area contributed by atoms with Gasteiger partial charge in [0.1, 0.15) is 5.82 Å². The zero-order valence-electron chi connectivity index (χ0n) is 19.7. The summed E-state index contributed by atoms with van der Waals surface area (Å²) in [5.74, 6) is -3.26. The second-order valence-electron chi connectivity index (χ2n) is 9.14. The predicted octanol–water partition coefficient (Wildman–Crippen LogP) is 3.86. The van der Waals surface area contributed by atoms with E-state index in [1.54, 1.807) is 49.2 Å². The van der Waals surface area contributed by atoms with Gasteiger partial charge in [0.2, 0.25) is 11.8 Å². The molecule has 3 N–H and O–H groups in total. The number of benzene rings is 1. The molecule has 1 aromatic heterocycles. The normalized spacial score (nSPS) is 19.4. The number of carbonyl (C=O) groups is 2. The SMILES string of the molecule is CC1=C(C(N)=O)CC1NC(=O)c1c(N2CCCC(F)(F)CC2)ncc(-c2ccc(C#N)cc2)c1C. The summed E-state index contributed by atoms with van der Waals surface area (Å²) in [5.41, 5.74) is 9.58. The summed E-state index contributed by atoms with van der Waals surface area (Å²) < 4.78 is 28.0. The average Bonchev–Trinajstić information content (AvgIpc) is 3.00. The molecule has 0 saturated carbocycles. The molecule has 1 saturated heterocycles. The van der Waals surface area contributed by atoms with Crippen LogP contribution in [0.4, 0.5) is 14.6 Å². The van der Waals surface area contributed by atoms with Gasteiger partial charge in [-0.3, -0.25) is 9.59 Å². The first-order valence-corrected chi connectivity index (χ1v) is 11.5. The van der Waals surface area contributed by atoms with Crippen LogP contribution in [0.15, 0.2) is 41.6 Å². The summed E-state index contributed by atoms with van der Waals surface area (Å²) in [4.78, 5) is 31.4. The first kappa shape index (κ1) is 24.3. The molecule has 9 heteroatoms. The van der Waals surface area contributed by atoms with Gasteiger partial charge in [-0.15, -0.1) is 0 Å². The van der Waals surface area contributed by atoms with Crippen molar-refractivity contribution < 1.29 is 18.4 Å². The minimum Gasteiger partial charge on any atom is -0.366 e. The molecule has 4 rings (SSSR count). The number of primary amides is 1. The number of nitrogens with one attached hydrogen (secondary N) is 1. The lowest BCUT2D eigenvalue weighted by Crippen LogP contribution is -2.44. The van der Waals surface area contributed by atoms with E-state index in [2.05, 4.69) is 16.4 Å². The highest BCUT2D eigenvalue weighted by Gasteiger charge is 2.35. The Morgan fingerprint density at radius 3 is 2.54 bits per heavy atom. The number of nitrogens with two attached hydrogens (primary N) is 1. The maximum absolute atomic E-state index is 14.0. The molecule has 1 atom stereocenters. The number of hydrogen-bond donors (Lipinski definition) is 2. The number of rotatable bonds is 5. The quantitative estimate of drug-likeness (QED) is 0.676. The van der Waals surface area contributed by atoms with E-state index in [1.165, 1.54) is 0 Å². The van der Waals surface area contributed by atoms with Crippen molar-refractivity contribution >= 4 is 17.6 Å². The number of halogens is 2. The van der Waals surface area contributed by atoms with Crippen LogP contribution in [0.25, 0.3) is 11.1 Å². The number of amides is 2. The van der Waals surface area contributed by atoms with Crippen LogP contribution in [0, 0.1) is 18.3 Å². The molecule has 2 amide bonds. The molecule has 0 radical (unpaired) electrons. The summed E-state index contributed by atoms with van der Waals surface area (Å²) in [7, 11) is 0. The van der Waals surface area contributed by atoms with Gasteiger partial charge in [0.25, 0.3) is 5.91 Å². The lowest BCUT2D eigenvalue weighted by Gasteiger charge is -2.32. The van der Waals surface area contributed by atoms with Gasteiger partial charge in [-0.05, 0) is 49.1 Å². The predicted molar refractivity (Wildman–Crippen MR) is 128 cm³/mol. The van der Waals surface area contributed by atoms with Crippen LogP contribution < -0.4 is 16.0 Å². The van der Waals surface area contributed by atoms with Crippen molar-refractivity contribution in [2.75, 3.05) is 18.0 Å². The Balaban J connectivity index is 1.73. The molecule has 1 unspecified atom stereocenters. The maximum atomic E-state index is 14.0. The Bertz CT molecular complexity index is 1250. The monoisotopic (exact) mass is 479 g/mol. The topological polar surface area (TPSA) is 112 Å². The van der Waals surface area contributed by atoms with Gasteiger partial charge in [0, 0.05) is 49.7 Å². The van der Waals surface area contributed by atoms with Crippen molar-refractivity contribution in [1.29, 1.82) is 5.26 Å². The Morgan fingerprint density at radius 2 is 1.91 bits per heavy atom. The van der Waals surface area contributed by atoms with Crippen LogP contribution in [0.3, 0.4) is 0 Å². The van der Waals surface area contributed by atoms with Crippen molar-refractivity contribution in [2.45, 2.75) is 51.5 Å². The number of anilines is 1. The van der Waals surface area contributed by atoms with Gasteiger partial charge >= 0.3 is 0 Å². The molecule has 1 fully saturated rings. The van der Waals surface area contributed by atoms with Crippen molar-refractivity contribution in [2.24, 2.45) is 5.73 Å². The third-order valence-corrected chi connectivity index (χ3v) is 6.90. The molecule has 2 aliphatic rings. The fourth-order valence-electron chi connectivity index (χ4n) is 4.67. The molecular formula is C26H27F2N5O2. The van der Waals surface area contributed by atoms with Crippen molar-refractivity contribution in [3.05, 3.63) is 58.3 Å². The zero-order valence-corrected chi connectivity index (χ0v) is 19.7. The Morgan fingerprint density at radius 1 is 1.20 bits per heavy atom. The van der Waals surface area contributed by atoms with Crippen LogP contribution in [0.5, 0.6) is 0 Å². The van der Waals surface area contributed by atoms with Crippen molar-refractivity contribution in [3.63, 3.8) is 0 Å². The number of pyridine rings is 1.